The summed E-state index contributed by atoms with van der Waals surface area (Å²) in [5, 5.41) is 17.7. The van der Waals surface area contributed by atoms with Crippen molar-refractivity contribution >= 4 is 5.78 Å². The van der Waals surface area contributed by atoms with E-state index in [0.717, 1.165) is 6.26 Å². The van der Waals surface area contributed by atoms with Crippen molar-refractivity contribution in [2.24, 2.45) is 0 Å². The van der Waals surface area contributed by atoms with Crippen molar-refractivity contribution in [3.05, 3.63) is 36.1 Å². The monoisotopic (exact) mass is 152 g/mol. The van der Waals surface area contributed by atoms with Gasteiger partial charge in [0.05, 0.1) is 6.26 Å². The fourth-order valence-electron chi connectivity index (χ4n) is 0.826. The average molecular weight is 152 g/mol. The molecule has 0 spiro atoms. The fraction of sp³-hybridized carbons (Fsp3) is 0.125. The van der Waals surface area contributed by atoms with Crippen molar-refractivity contribution in [1.29, 1.82) is 0 Å². The van der Waals surface area contributed by atoms with Crippen molar-refractivity contribution in [1.82, 2.24) is 0 Å². The zero-order chi connectivity index (χ0) is 8.43. The van der Waals surface area contributed by atoms with E-state index >= 15 is 0 Å². The smallest absolute Gasteiger partial charge is 0.188 e. The summed E-state index contributed by atoms with van der Waals surface area (Å²) in [5.41, 5.74) is 0.622. The highest BCUT2D eigenvalue weighted by molar-refractivity contribution is 5.98. The van der Waals surface area contributed by atoms with Crippen molar-refractivity contribution in [2.75, 3.05) is 0 Å². The van der Waals surface area contributed by atoms with Crippen LogP contribution in [0.4, 0.5) is 0 Å². The van der Waals surface area contributed by atoms with Crippen LogP contribution in [0.3, 0.4) is 0 Å². The highest BCUT2D eigenvalue weighted by Gasteiger charge is 2.21. The molecule has 0 aromatic heterocycles. The van der Waals surface area contributed by atoms with Crippen LogP contribution in [0.25, 0.3) is 0 Å². The van der Waals surface area contributed by atoms with Crippen LogP contribution in [0.15, 0.2) is 36.1 Å². The molecule has 0 aromatic rings. The Morgan fingerprint density at radius 2 is 2.18 bits per heavy atom. The second kappa shape index (κ2) is 2.72. The lowest BCUT2D eigenvalue weighted by atomic mass is 9.94. The van der Waals surface area contributed by atoms with Crippen molar-refractivity contribution in [2.45, 2.75) is 6.10 Å². The number of hydrogen-bond acceptors (Lipinski definition) is 3. The van der Waals surface area contributed by atoms with E-state index in [1.807, 2.05) is 0 Å². The van der Waals surface area contributed by atoms with E-state index in [1.165, 1.54) is 12.2 Å². The Balaban J connectivity index is 3.04. The minimum Gasteiger partial charge on any atom is -0.515 e. The number of ketones is 1. The van der Waals surface area contributed by atoms with E-state index in [-0.39, 0.29) is 5.57 Å². The third kappa shape index (κ3) is 1.23. The maximum absolute atomic E-state index is 10.8. The first kappa shape index (κ1) is 7.75. The molecule has 1 aliphatic carbocycles. The highest BCUT2D eigenvalue weighted by atomic mass is 16.3. The molecule has 2 N–H and O–H groups in total. The number of aliphatic hydroxyl groups is 2. The van der Waals surface area contributed by atoms with E-state index in [0.29, 0.717) is 5.57 Å². The molecule has 1 atom stereocenters. The van der Waals surface area contributed by atoms with E-state index < -0.39 is 11.9 Å². The van der Waals surface area contributed by atoms with Gasteiger partial charge in [0.15, 0.2) is 5.78 Å². The van der Waals surface area contributed by atoms with Gasteiger partial charge in [-0.25, -0.2) is 0 Å². The molecule has 0 radical (unpaired) electrons. The Bertz CT molecular complexity index is 261. The van der Waals surface area contributed by atoms with E-state index in [9.17, 15) is 4.79 Å². The Labute approximate surface area is 64.0 Å². The predicted octanol–water partition coefficient (Wildman–Crippen LogP) is 0.484. The van der Waals surface area contributed by atoms with Gasteiger partial charge in [-0.3, -0.25) is 4.79 Å². The molecular formula is C8H8O3. The van der Waals surface area contributed by atoms with E-state index in [4.69, 9.17) is 10.2 Å². The lowest BCUT2D eigenvalue weighted by molar-refractivity contribution is -0.120. The summed E-state index contributed by atoms with van der Waals surface area (Å²) >= 11 is 0. The minimum absolute atomic E-state index is 0.236. The molecule has 1 rings (SSSR count). The average Bonchev–Trinajstić information content (AvgIpc) is 2.01. The lowest BCUT2D eigenvalue weighted by Crippen LogP contribution is -2.24. The quantitative estimate of drug-likeness (QED) is 0.496. The van der Waals surface area contributed by atoms with Crippen molar-refractivity contribution in [3.8, 4) is 0 Å². The van der Waals surface area contributed by atoms with Gasteiger partial charge in [-0.2, -0.15) is 0 Å². The summed E-state index contributed by atoms with van der Waals surface area (Å²) in [6.45, 7) is 3.45. The fourth-order valence-corrected chi connectivity index (χ4v) is 0.826. The first-order valence-corrected chi connectivity index (χ1v) is 3.10. The van der Waals surface area contributed by atoms with Gasteiger partial charge in [-0.05, 0) is 17.7 Å². The summed E-state index contributed by atoms with van der Waals surface area (Å²) < 4.78 is 0. The van der Waals surface area contributed by atoms with Gasteiger partial charge < -0.3 is 10.2 Å². The summed E-state index contributed by atoms with van der Waals surface area (Å²) in [6, 6.07) is 0. The molecule has 0 heterocycles. The van der Waals surface area contributed by atoms with Crippen LogP contribution >= 0.6 is 0 Å². The number of allylic oxidation sites excluding steroid dienone is 1. The molecule has 1 unspecified atom stereocenters. The molecular weight excluding hydrogens is 144 g/mol. The van der Waals surface area contributed by atoms with Crippen LogP contribution in [0.5, 0.6) is 0 Å². The molecule has 0 aromatic carbocycles. The van der Waals surface area contributed by atoms with Crippen LogP contribution in [-0.2, 0) is 4.79 Å². The highest BCUT2D eigenvalue weighted by Crippen LogP contribution is 2.18. The van der Waals surface area contributed by atoms with Crippen LogP contribution in [0.1, 0.15) is 0 Å². The molecule has 0 saturated heterocycles. The SMILES string of the molecule is C=C1C(=CO)C=CC(=O)C1O. The first-order valence-electron chi connectivity index (χ1n) is 3.10. The predicted molar refractivity (Wildman–Crippen MR) is 40.0 cm³/mol. The molecule has 3 heteroatoms. The third-order valence-electron chi connectivity index (χ3n) is 1.54. The topological polar surface area (TPSA) is 57.5 Å². The van der Waals surface area contributed by atoms with Gasteiger partial charge in [0.25, 0.3) is 0 Å². The summed E-state index contributed by atoms with van der Waals surface area (Å²) in [7, 11) is 0. The Morgan fingerprint density at radius 1 is 1.55 bits per heavy atom. The molecule has 58 valence electrons. The standard InChI is InChI=1S/C8H8O3/c1-5-6(4-9)2-3-7(10)8(5)11/h2-4,8-9,11H,1H2. The maximum Gasteiger partial charge on any atom is 0.188 e. The lowest BCUT2D eigenvalue weighted by Gasteiger charge is -2.14. The summed E-state index contributed by atoms with van der Waals surface area (Å²) in [4.78, 5) is 10.8. The zero-order valence-electron chi connectivity index (χ0n) is 5.82. The zero-order valence-corrected chi connectivity index (χ0v) is 5.82. The Hall–Kier alpha value is -1.35. The second-order valence-corrected chi connectivity index (χ2v) is 2.25. The van der Waals surface area contributed by atoms with Gasteiger partial charge in [0, 0.05) is 5.57 Å². The van der Waals surface area contributed by atoms with E-state index in [1.54, 1.807) is 0 Å². The largest absolute Gasteiger partial charge is 0.515 e. The van der Waals surface area contributed by atoms with Gasteiger partial charge in [-0.15, -0.1) is 0 Å². The molecule has 1 aliphatic rings. The molecule has 0 saturated carbocycles. The summed E-state index contributed by atoms with van der Waals surface area (Å²) in [5.74, 6) is -0.402. The third-order valence-corrected chi connectivity index (χ3v) is 1.54. The van der Waals surface area contributed by atoms with Crippen molar-refractivity contribution in [3.63, 3.8) is 0 Å². The number of aliphatic hydroxyl groups excluding tert-OH is 2. The number of carbonyl (C=O) groups excluding carboxylic acids is 1. The molecule has 0 fully saturated rings. The molecule has 3 nitrogen and oxygen atoms in total. The second-order valence-electron chi connectivity index (χ2n) is 2.25. The van der Waals surface area contributed by atoms with Gasteiger partial charge in [-0.1, -0.05) is 6.58 Å². The molecule has 11 heavy (non-hydrogen) atoms. The minimum atomic E-state index is -1.20. The van der Waals surface area contributed by atoms with Crippen molar-refractivity contribution < 1.29 is 15.0 Å². The normalized spacial score (nSPS) is 28.1. The maximum atomic E-state index is 10.8. The van der Waals surface area contributed by atoms with Crippen LogP contribution in [-0.4, -0.2) is 22.1 Å². The summed E-state index contributed by atoms with van der Waals surface area (Å²) in [6.07, 6.45) is 2.24. The Kier molecular flexibility index (Phi) is 1.92. The Morgan fingerprint density at radius 3 is 2.73 bits per heavy atom. The molecule has 0 aliphatic heterocycles. The number of carbonyl (C=O) groups is 1. The molecule has 0 amide bonds. The van der Waals surface area contributed by atoms with E-state index in [2.05, 4.69) is 6.58 Å². The number of rotatable bonds is 0. The van der Waals surface area contributed by atoms with Gasteiger partial charge in [0.1, 0.15) is 6.10 Å². The van der Waals surface area contributed by atoms with Crippen LogP contribution in [0, 0.1) is 0 Å². The van der Waals surface area contributed by atoms with Gasteiger partial charge >= 0.3 is 0 Å². The van der Waals surface area contributed by atoms with Gasteiger partial charge in [0.2, 0.25) is 0 Å². The first-order chi connectivity index (χ1) is 5.16. The van der Waals surface area contributed by atoms with Crippen LogP contribution < -0.4 is 0 Å². The number of hydrogen-bond donors (Lipinski definition) is 2. The van der Waals surface area contributed by atoms with Crippen LogP contribution in [0.2, 0.25) is 0 Å². The molecule has 0 bridgehead atoms.